The Bertz CT molecular complexity index is 131. The molecule has 0 fully saturated rings. The minimum atomic E-state index is 0.296. The van der Waals surface area contributed by atoms with Gasteiger partial charge >= 0.3 is 0 Å². The van der Waals surface area contributed by atoms with Gasteiger partial charge in [-0.25, -0.2) is 0 Å². The molecule has 0 heteroatoms. The van der Waals surface area contributed by atoms with Crippen LogP contribution in [0.2, 0.25) is 0 Å². The molecule has 0 rings (SSSR count). The fourth-order valence-corrected chi connectivity index (χ4v) is 2.03. The molecular weight excluding hydrogens is 144 g/mol. The van der Waals surface area contributed by atoms with Crippen molar-refractivity contribution in [2.75, 3.05) is 0 Å². The largest absolute Gasteiger partial charge is 0.103 e. The zero-order chi connectivity index (χ0) is 9.78. The second-order valence-electron chi connectivity index (χ2n) is 4.66. The molecule has 12 heavy (non-hydrogen) atoms. The van der Waals surface area contributed by atoms with E-state index in [2.05, 4.69) is 47.3 Å². The molecule has 1 unspecified atom stereocenters. The molecule has 0 aromatic heterocycles. The lowest BCUT2D eigenvalue weighted by molar-refractivity contribution is 0.196. The van der Waals surface area contributed by atoms with Crippen LogP contribution in [0.15, 0.2) is 12.7 Å². The summed E-state index contributed by atoms with van der Waals surface area (Å²) in [4.78, 5) is 0. The molecule has 0 aromatic rings. The Morgan fingerprint density at radius 2 is 1.83 bits per heavy atom. The standard InChI is InChI=1S/C12H24/c1-7-9-11(10(3)4)12(5,6)8-2/h8,10-11H,2,7,9H2,1,3-6H3. The van der Waals surface area contributed by atoms with Crippen molar-refractivity contribution in [1.29, 1.82) is 0 Å². The molecule has 0 nitrogen and oxygen atoms in total. The molecule has 0 heterocycles. The van der Waals surface area contributed by atoms with Gasteiger partial charge in [0.15, 0.2) is 0 Å². The van der Waals surface area contributed by atoms with Gasteiger partial charge in [-0.05, 0) is 23.7 Å². The minimum Gasteiger partial charge on any atom is -0.103 e. The zero-order valence-electron chi connectivity index (χ0n) is 9.35. The van der Waals surface area contributed by atoms with Gasteiger partial charge in [-0.1, -0.05) is 47.1 Å². The highest BCUT2D eigenvalue weighted by molar-refractivity contribution is 4.93. The molecule has 0 aliphatic carbocycles. The summed E-state index contributed by atoms with van der Waals surface area (Å²) < 4.78 is 0. The van der Waals surface area contributed by atoms with Crippen LogP contribution in [0.5, 0.6) is 0 Å². The first-order chi connectivity index (χ1) is 5.45. The Hall–Kier alpha value is -0.260. The Morgan fingerprint density at radius 3 is 2.08 bits per heavy atom. The summed E-state index contributed by atoms with van der Waals surface area (Å²) in [5, 5.41) is 0. The molecule has 0 N–H and O–H groups in total. The summed E-state index contributed by atoms with van der Waals surface area (Å²) in [5.41, 5.74) is 0.296. The van der Waals surface area contributed by atoms with Gasteiger partial charge in [0.05, 0.1) is 0 Å². The van der Waals surface area contributed by atoms with Crippen LogP contribution in [0.1, 0.15) is 47.5 Å². The van der Waals surface area contributed by atoms with Crippen molar-refractivity contribution in [2.45, 2.75) is 47.5 Å². The van der Waals surface area contributed by atoms with E-state index in [1.54, 1.807) is 0 Å². The molecule has 0 saturated heterocycles. The van der Waals surface area contributed by atoms with E-state index in [-0.39, 0.29) is 0 Å². The van der Waals surface area contributed by atoms with Gasteiger partial charge in [-0.3, -0.25) is 0 Å². The van der Waals surface area contributed by atoms with Gasteiger partial charge in [0, 0.05) is 0 Å². The van der Waals surface area contributed by atoms with Crippen LogP contribution in [0.4, 0.5) is 0 Å². The van der Waals surface area contributed by atoms with Gasteiger partial charge in [0.25, 0.3) is 0 Å². The van der Waals surface area contributed by atoms with Crippen LogP contribution in [0, 0.1) is 17.3 Å². The summed E-state index contributed by atoms with van der Waals surface area (Å²) in [6.45, 7) is 15.4. The molecule has 0 amide bonds. The van der Waals surface area contributed by atoms with Crippen LogP contribution in [-0.4, -0.2) is 0 Å². The maximum Gasteiger partial charge on any atom is -0.0147 e. The average molecular weight is 168 g/mol. The van der Waals surface area contributed by atoms with Crippen molar-refractivity contribution in [3.05, 3.63) is 12.7 Å². The van der Waals surface area contributed by atoms with Crippen molar-refractivity contribution in [2.24, 2.45) is 17.3 Å². The average Bonchev–Trinajstić information content (AvgIpc) is 1.99. The van der Waals surface area contributed by atoms with Crippen molar-refractivity contribution in [1.82, 2.24) is 0 Å². The minimum absolute atomic E-state index is 0.296. The smallest absolute Gasteiger partial charge is 0.0147 e. The zero-order valence-corrected chi connectivity index (χ0v) is 9.35. The lowest BCUT2D eigenvalue weighted by atomic mass is 9.71. The molecule has 0 aliphatic rings. The number of rotatable bonds is 5. The first-order valence-electron chi connectivity index (χ1n) is 5.09. The quantitative estimate of drug-likeness (QED) is 0.538. The lowest BCUT2D eigenvalue weighted by Gasteiger charge is -2.34. The van der Waals surface area contributed by atoms with Gasteiger partial charge in [0.2, 0.25) is 0 Å². The monoisotopic (exact) mass is 168 g/mol. The van der Waals surface area contributed by atoms with E-state index in [1.807, 2.05) is 0 Å². The molecule has 0 bridgehead atoms. The fraction of sp³-hybridized carbons (Fsp3) is 0.833. The molecule has 0 saturated carbocycles. The van der Waals surface area contributed by atoms with Crippen LogP contribution in [0.25, 0.3) is 0 Å². The maximum absolute atomic E-state index is 3.92. The lowest BCUT2D eigenvalue weighted by Crippen LogP contribution is -2.26. The maximum atomic E-state index is 3.92. The van der Waals surface area contributed by atoms with Gasteiger partial charge in [-0.15, -0.1) is 6.58 Å². The third-order valence-corrected chi connectivity index (χ3v) is 2.89. The first-order valence-corrected chi connectivity index (χ1v) is 5.09. The van der Waals surface area contributed by atoms with Crippen molar-refractivity contribution in [3.63, 3.8) is 0 Å². The highest BCUT2D eigenvalue weighted by Crippen LogP contribution is 2.36. The van der Waals surface area contributed by atoms with E-state index < -0.39 is 0 Å². The Balaban J connectivity index is 4.38. The predicted octanol–water partition coefficient (Wildman–Crippen LogP) is 4.27. The third-order valence-electron chi connectivity index (χ3n) is 2.89. The van der Waals surface area contributed by atoms with E-state index in [0.29, 0.717) is 5.41 Å². The van der Waals surface area contributed by atoms with Crippen molar-refractivity contribution in [3.8, 4) is 0 Å². The third kappa shape index (κ3) is 3.00. The number of allylic oxidation sites excluding steroid dienone is 1. The normalized spacial score (nSPS) is 14.8. The van der Waals surface area contributed by atoms with E-state index in [9.17, 15) is 0 Å². The second-order valence-corrected chi connectivity index (χ2v) is 4.66. The van der Waals surface area contributed by atoms with Crippen LogP contribution in [0.3, 0.4) is 0 Å². The first kappa shape index (κ1) is 11.7. The van der Waals surface area contributed by atoms with E-state index in [1.165, 1.54) is 12.8 Å². The van der Waals surface area contributed by atoms with E-state index >= 15 is 0 Å². The SMILES string of the molecule is C=CC(C)(C)C(CCC)C(C)C. The van der Waals surface area contributed by atoms with Crippen molar-refractivity contribution < 1.29 is 0 Å². The summed E-state index contributed by atoms with van der Waals surface area (Å²) in [7, 11) is 0. The molecule has 0 spiro atoms. The summed E-state index contributed by atoms with van der Waals surface area (Å²) >= 11 is 0. The van der Waals surface area contributed by atoms with Gasteiger partial charge < -0.3 is 0 Å². The van der Waals surface area contributed by atoms with Crippen LogP contribution in [-0.2, 0) is 0 Å². The molecule has 1 atom stereocenters. The number of hydrogen-bond acceptors (Lipinski definition) is 0. The molecule has 0 aliphatic heterocycles. The van der Waals surface area contributed by atoms with Gasteiger partial charge in [0.1, 0.15) is 0 Å². The fourth-order valence-electron chi connectivity index (χ4n) is 2.03. The van der Waals surface area contributed by atoms with Crippen LogP contribution >= 0.6 is 0 Å². The molecule has 72 valence electrons. The van der Waals surface area contributed by atoms with Gasteiger partial charge in [-0.2, -0.15) is 0 Å². The van der Waals surface area contributed by atoms with E-state index in [4.69, 9.17) is 0 Å². The second kappa shape index (κ2) is 4.69. The van der Waals surface area contributed by atoms with Crippen LogP contribution < -0.4 is 0 Å². The predicted molar refractivity (Wildman–Crippen MR) is 57.2 cm³/mol. The summed E-state index contributed by atoms with van der Waals surface area (Å²) in [6, 6.07) is 0. The Labute approximate surface area is 78.1 Å². The molecule has 0 aromatic carbocycles. The Kier molecular flexibility index (Phi) is 4.59. The summed E-state index contributed by atoms with van der Waals surface area (Å²) in [6.07, 6.45) is 4.70. The highest BCUT2D eigenvalue weighted by Gasteiger charge is 2.27. The topological polar surface area (TPSA) is 0 Å². The highest BCUT2D eigenvalue weighted by atomic mass is 14.3. The summed E-state index contributed by atoms with van der Waals surface area (Å²) in [5.74, 6) is 1.54. The number of hydrogen-bond donors (Lipinski definition) is 0. The Morgan fingerprint density at radius 1 is 1.33 bits per heavy atom. The molecule has 0 radical (unpaired) electrons. The molecular formula is C12H24. The van der Waals surface area contributed by atoms with Crippen molar-refractivity contribution >= 4 is 0 Å². The van der Waals surface area contributed by atoms with E-state index in [0.717, 1.165) is 11.8 Å².